The summed E-state index contributed by atoms with van der Waals surface area (Å²) in [4.78, 5) is 14.8. The number of carbonyl (C=O) groups excluding carboxylic acids is 1. The van der Waals surface area contributed by atoms with E-state index in [1.54, 1.807) is 12.1 Å². The lowest BCUT2D eigenvalue weighted by molar-refractivity contribution is -0.129. The van der Waals surface area contributed by atoms with E-state index in [9.17, 15) is 13.2 Å². The molecule has 7 nitrogen and oxygen atoms in total. The van der Waals surface area contributed by atoms with Crippen molar-refractivity contribution in [2.24, 2.45) is 5.14 Å². The van der Waals surface area contributed by atoms with Crippen LogP contribution < -0.4 is 10.5 Å². The van der Waals surface area contributed by atoms with Gasteiger partial charge >= 0.3 is 0 Å². The van der Waals surface area contributed by atoms with E-state index in [0.717, 1.165) is 15.6 Å². The quantitative estimate of drug-likeness (QED) is 0.612. The molecule has 1 heterocycles. The van der Waals surface area contributed by atoms with Crippen molar-refractivity contribution in [1.29, 1.82) is 0 Å². The van der Waals surface area contributed by atoms with Crippen molar-refractivity contribution in [2.75, 3.05) is 26.2 Å². The van der Waals surface area contributed by atoms with Crippen molar-refractivity contribution < 1.29 is 17.9 Å². The molecule has 1 fully saturated rings. The molecule has 1 amide bonds. The second kappa shape index (κ2) is 10.0. The van der Waals surface area contributed by atoms with Gasteiger partial charge in [-0.05, 0) is 48.7 Å². The molecule has 0 spiro atoms. The molecule has 1 aliphatic heterocycles. The molecule has 2 aromatic rings. The molecule has 2 atom stereocenters. The van der Waals surface area contributed by atoms with Gasteiger partial charge in [0.1, 0.15) is 0 Å². The summed E-state index contributed by atoms with van der Waals surface area (Å²) in [6, 6.07) is 14.1. The second-order valence-corrected chi connectivity index (χ2v) is 9.79. The van der Waals surface area contributed by atoms with Crippen LogP contribution >= 0.6 is 15.9 Å². The number of nitrogens with zero attached hydrogens (tertiary/aromatic N) is 1. The monoisotopic (exact) mass is 495 g/mol. The standard InChI is InChI=1S/C21H26BrN3O4S/c1-15(25-12-13-29-20(14-25)17-4-6-18(22)7-5-17)21(26)24-11-10-16-2-8-19(9-3-16)30(23,27)28/h2-9,15,20H,10-14H2,1H3,(H,24,26)(H2,23,27,28). The summed E-state index contributed by atoms with van der Waals surface area (Å²) in [7, 11) is -3.69. The Labute approximate surface area is 185 Å². The van der Waals surface area contributed by atoms with Gasteiger partial charge in [-0.25, -0.2) is 13.6 Å². The molecule has 0 aliphatic carbocycles. The first-order valence-corrected chi connectivity index (χ1v) is 12.1. The molecule has 0 aromatic heterocycles. The van der Waals surface area contributed by atoms with Crippen LogP contribution in [-0.2, 0) is 26.0 Å². The number of hydrogen-bond donors (Lipinski definition) is 2. The van der Waals surface area contributed by atoms with Gasteiger partial charge in [-0.3, -0.25) is 9.69 Å². The van der Waals surface area contributed by atoms with Crippen LogP contribution in [0.25, 0.3) is 0 Å². The number of rotatable bonds is 7. The van der Waals surface area contributed by atoms with Crippen LogP contribution in [0.15, 0.2) is 57.9 Å². The van der Waals surface area contributed by atoms with E-state index in [1.165, 1.54) is 12.1 Å². The van der Waals surface area contributed by atoms with E-state index in [2.05, 4.69) is 26.1 Å². The van der Waals surface area contributed by atoms with Gasteiger partial charge in [0.05, 0.1) is 23.6 Å². The number of ether oxygens (including phenoxy) is 1. The van der Waals surface area contributed by atoms with Crippen LogP contribution in [0.2, 0.25) is 0 Å². The van der Waals surface area contributed by atoms with Crippen molar-refractivity contribution in [3.63, 3.8) is 0 Å². The van der Waals surface area contributed by atoms with E-state index in [-0.39, 0.29) is 22.9 Å². The second-order valence-electron chi connectivity index (χ2n) is 7.31. The van der Waals surface area contributed by atoms with Gasteiger partial charge in [-0.1, -0.05) is 40.2 Å². The molecule has 2 unspecified atom stereocenters. The van der Waals surface area contributed by atoms with Gasteiger partial charge in [0.2, 0.25) is 15.9 Å². The summed E-state index contributed by atoms with van der Waals surface area (Å²) in [6.07, 6.45) is 0.549. The molecular weight excluding hydrogens is 470 g/mol. The Kier molecular flexibility index (Phi) is 7.65. The fourth-order valence-corrected chi connectivity index (χ4v) is 4.17. The number of hydrogen-bond acceptors (Lipinski definition) is 5. The van der Waals surface area contributed by atoms with E-state index < -0.39 is 10.0 Å². The highest BCUT2D eigenvalue weighted by Gasteiger charge is 2.28. The van der Waals surface area contributed by atoms with Crippen molar-refractivity contribution >= 4 is 31.9 Å². The molecule has 1 aliphatic rings. The van der Waals surface area contributed by atoms with Gasteiger partial charge in [0, 0.05) is 24.1 Å². The minimum Gasteiger partial charge on any atom is -0.371 e. The van der Waals surface area contributed by atoms with E-state index in [1.807, 2.05) is 31.2 Å². The van der Waals surface area contributed by atoms with E-state index >= 15 is 0 Å². The fourth-order valence-electron chi connectivity index (χ4n) is 3.39. The normalized spacial score (nSPS) is 18.7. The van der Waals surface area contributed by atoms with E-state index in [0.29, 0.717) is 32.7 Å². The first-order chi connectivity index (χ1) is 14.2. The number of nitrogens with one attached hydrogen (secondary N) is 1. The lowest BCUT2D eigenvalue weighted by Crippen LogP contribution is -2.50. The third-order valence-corrected chi connectivity index (χ3v) is 6.69. The van der Waals surface area contributed by atoms with Crippen LogP contribution in [-0.4, -0.2) is 51.5 Å². The molecule has 3 N–H and O–H groups in total. The van der Waals surface area contributed by atoms with Crippen molar-refractivity contribution in [3.8, 4) is 0 Å². The average molecular weight is 496 g/mol. The Hall–Kier alpha value is -1.78. The number of primary sulfonamides is 1. The number of halogens is 1. The predicted octanol–water partition coefficient (Wildman–Crippen LogP) is 2.22. The van der Waals surface area contributed by atoms with Crippen LogP contribution in [0.5, 0.6) is 0 Å². The van der Waals surface area contributed by atoms with Crippen LogP contribution in [0.3, 0.4) is 0 Å². The van der Waals surface area contributed by atoms with Gasteiger partial charge in [-0.2, -0.15) is 0 Å². The SMILES string of the molecule is CC(C(=O)NCCc1ccc(S(N)(=O)=O)cc1)N1CCOC(c2ccc(Br)cc2)C1. The average Bonchev–Trinajstić information content (AvgIpc) is 2.73. The van der Waals surface area contributed by atoms with Crippen molar-refractivity contribution in [3.05, 3.63) is 64.1 Å². The van der Waals surface area contributed by atoms with Crippen molar-refractivity contribution in [1.82, 2.24) is 10.2 Å². The Morgan fingerprint density at radius 2 is 1.90 bits per heavy atom. The topological polar surface area (TPSA) is 102 Å². The van der Waals surface area contributed by atoms with Crippen LogP contribution in [0.4, 0.5) is 0 Å². The van der Waals surface area contributed by atoms with Gasteiger partial charge in [0.15, 0.2) is 0 Å². The Balaban J connectivity index is 1.49. The summed E-state index contributed by atoms with van der Waals surface area (Å²) < 4.78 is 29.5. The van der Waals surface area contributed by atoms with Gasteiger partial charge in [-0.15, -0.1) is 0 Å². The zero-order valence-corrected chi connectivity index (χ0v) is 19.2. The Bertz CT molecular complexity index is 965. The lowest BCUT2D eigenvalue weighted by atomic mass is 10.1. The zero-order valence-electron chi connectivity index (χ0n) is 16.8. The van der Waals surface area contributed by atoms with Gasteiger partial charge in [0.25, 0.3) is 0 Å². The maximum Gasteiger partial charge on any atom is 0.238 e. The highest BCUT2D eigenvalue weighted by Crippen LogP contribution is 2.24. The first-order valence-electron chi connectivity index (χ1n) is 9.74. The molecule has 0 saturated carbocycles. The summed E-state index contributed by atoms with van der Waals surface area (Å²) in [6.45, 7) is 4.31. The molecule has 0 radical (unpaired) electrons. The molecule has 30 heavy (non-hydrogen) atoms. The fraction of sp³-hybridized carbons (Fsp3) is 0.381. The number of benzene rings is 2. The first kappa shape index (κ1) is 22.9. The summed E-state index contributed by atoms with van der Waals surface area (Å²) in [5, 5.41) is 8.07. The molecular formula is C21H26BrN3O4S. The summed E-state index contributed by atoms with van der Waals surface area (Å²) >= 11 is 3.44. The summed E-state index contributed by atoms with van der Waals surface area (Å²) in [5.41, 5.74) is 2.02. The number of nitrogens with two attached hydrogens (primary N) is 1. The minimum atomic E-state index is -3.69. The largest absolute Gasteiger partial charge is 0.371 e. The highest BCUT2D eigenvalue weighted by atomic mass is 79.9. The minimum absolute atomic E-state index is 0.0346. The molecule has 2 aromatic carbocycles. The molecule has 1 saturated heterocycles. The number of sulfonamides is 1. The van der Waals surface area contributed by atoms with Crippen LogP contribution in [0.1, 0.15) is 24.2 Å². The van der Waals surface area contributed by atoms with Crippen LogP contribution in [0, 0.1) is 0 Å². The third kappa shape index (κ3) is 6.12. The number of carbonyl (C=O) groups is 1. The predicted molar refractivity (Wildman–Crippen MR) is 118 cm³/mol. The zero-order chi connectivity index (χ0) is 21.7. The number of amides is 1. The van der Waals surface area contributed by atoms with Crippen molar-refractivity contribution in [2.45, 2.75) is 30.4 Å². The highest BCUT2D eigenvalue weighted by molar-refractivity contribution is 9.10. The molecule has 162 valence electrons. The smallest absolute Gasteiger partial charge is 0.238 e. The molecule has 9 heteroatoms. The Morgan fingerprint density at radius 1 is 1.23 bits per heavy atom. The Morgan fingerprint density at radius 3 is 2.53 bits per heavy atom. The van der Waals surface area contributed by atoms with Gasteiger partial charge < -0.3 is 10.1 Å². The maximum absolute atomic E-state index is 12.6. The molecule has 0 bridgehead atoms. The lowest BCUT2D eigenvalue weighted by Gasteiger charge is -2.36. The maximum atomic E-state index is 12.6. The molecule has 3 rings (SSSR count). The summed E-state index contributed by atoms with van der Waals surface area (Å²) in [5.74, 6) is -0.0346. The number of morpholine rings is 1. The van der Waals surface area contributed by atoms with E-state index in [4.69, 9.17) is 9.88 Å². The third-order valence-electron chi connectivity index (χ3n) is 5.23.